The molecule has 6 nitrogen and oxygen atoms in total. The van der Waals surface area contributed by atoms with E-state index >= 15 is 0 Å². The maximum absolute atomic E-state index is 12.3. The van der Waals surface area contributed by atoms with Gasteiger partial charge in [-0.1, -0.05) is 0 Å². The molecule has 0 unspecified atom stereocenters. The fraction of sp³-hybridized carbons (Fsp3) is 0.294. The van der Waals surface area contributed by atoms with Crippen LogP contribution in [0.5, 0.6) is 0 Å². The van der Waals surface area contributed by atoms with Gasteiger partial charge in [0.25, 0.3) is 5.56 Å². The van der Waals surface area contributed by atoms with Crippen LogP contribution in [-0.4, -0.2) is 24.7 Å². The zero-order valence-electron chi connectivity index (χ0n) is 13.5. The molecule has 3 aromatic heterocycles. The molecule has 0 atom stereocenters. The zero-order valence-corrected chi connectivity index (χ0v) is 14.3. The Morgan fingerprint density at radius 2 is 2.17 bits per heavy atom. The van der Waals surface area contributed by atoms with E-state index in [1.807, 2.05) is 42.4 Å². The van der Waals surface area contributed by atoms with Gasteiger partial charge in [-0.3, -0.25) is 9.48 Å². The second-order valence-electron chi connectivity index (χ2n) is 6.02. The van der Waals surface area contributed by atoms with Crippen LogP contribution < -0.4 is 5.56 Å². The molecule has 122 valence electrons. The normalized spacial score (nSPS) is 14.6. The van der Waals surface area contributed by atoms with Gasteiger partial charge in [0, 0.05) is 29.9 Å². The van der Waals surface area contributed by atoms with Crippen molar-refractivity contribution in [3.8, 4) is 10.6 Å². The summed E-state index contributed by atoms with van der Waals surface area (Å²) < 4.78 is 1.86. The van der Waals surface area contributed by atoms with Crippen LogP contribution in [0.1, 0.15) is 41.5 Å². The minimum Gasteiger partial charge on any atom is -0.306 e. The van der Waals surface area contributed by atoms with Gasteiger partial charge >= 0.3 is 0 Å². The van der Waals surface area contributed by atoms with Crippen molar-refractivity contribution in [2.24, 2.45) is 7.05 Å². The molecular formula is C17H17N5OS. The van der Waals surface area contributed by atoms with E-state index in [4.69, 9.17) is 0 Å². The lowest BCUT2D eigenvalue weighted by Gasteiger charge is -2.00. The maximum Gasteiger partial charge on any atom is 0.261 e. The van der Waals surface area contributed by atoms with Gasteiger partial charge in [-0.25, -0.2) is 9.97 Å². The summed E-state index contributed by atoms with van der Waals surface area (Å²) in [5.41, 5.74) is 3.57. The van der Waals surface area contributed by atoms with Crippen LogP contribution in [0.15, 0.2) is 22.6 Å². The molecule has 0 spiro atoms. The van der Waals surface area contributed by atoms with E-state index in [1.165, 1.54) is 29.7 Å². The molecule has 3 heterocycles. The van der Waals surface area contributed by atoms with E-state index in [-0.39, 0.29) is 5.56 Å². The van der Waals surface area contributed by atoms with Gasteiger partial charge < -0.3 is 4.98 Å². The van der Waals surface area contributed by atoms with Gasteiger partial charge in [-0.2, -0.15) is 5.10 Å². The van der Waals surface area contributed by atoms with E-state index in [0.29, 0.717) is 22.3 Å². The summed E-state index contributed by atoms with van der Waals surface area (Å²) in [6.45, 7) is 1.91. The summed E-state index contributed by atoms with van der Waals surface area (Å²) in [5.74, 6) is 1.15. The fourth-order valence-electron chi connectivity index (χ4n) is 2.66. The van der Waals surface area contributed by atoms with E-state index in [0.717, 1.165) is 11.4 Å². The first-order valence-electron chi connectivity index (χ1n) is 7.83. The first kappa shape index (κ1) is 15.0. The lowest BCUT2D eigenvalue weighted by atomic mass is 10.1. The summed E-state index contributed by atoms with van der Waals surface area (Å²) in [6.07, 6.45) is 9.75. The number of H-pyrrole nitrogens is 1. The highest BCUT2D eigenvalue weighted by atomic mass is 32.1. The Hall–Kier alpha value is -2.54. The standard InChI is InChI=1S/C17H17N5OS/c1-10-9-24-17(20-10)13-7-18-15(21-16(13)23)6-5-14-12(11-3-4-11)8-19-22(14)2/h5-9,11H,3-4H2,1-2H3,(H,18,21,23)/b6-5+. The van der Waals surface area contributed by atoms with Gasteiger partial charge in [0.1, 0.15) is 10.8 Å². The van der Waals surface area contributed by atoms with Crippen LogP contribution >= 0.6 is 11.3 Å². The number of thiazole rings is 1. The Morgan fingerprint density at radius 1 is 1.33 bits per heavy atom. The van der Waals surface area contributed by atoms with Gasteiger partial charge in [-0.15, -0.1) is 11.3 Å². The van der Waals surface area contributed by atoms with Crippen molar-refractivity contribution in [2.45, 2.75) is 25.7 Å². The monoisotopic (exact) mass is 339 g/mol. The summed E-state index contributed by atoms with van der Waals surface area (Å²) in [5, 5.41) is 6.94. The Kier molecular flexibility index (Phi) is 3.65. The fourth-order valence-corrected chi connectivity index (χ4v) is 3.46. The van der Waals surface area contributed by atoms with E-state index in [2.05, 4.69) is 20.1 Å². The van der Waals surface area contributed by atoms with Crippen LogP contribution in [0.3, 0.4) is 0 Å². The highest BCUT2D eigenvalue weighted by molar-refractivity contribution is 7.13. The van der Waals surface area contributed by atoms with Crippen LogP contribution in [0, 0.1) is 6.92 Å². The first-order chi connectivity index (χ1) is 11.6. The summed E-state index contributed by atoms with van der Waals surface area (Å²) in [4.78, 5) is 23.8. The third-order valence-electron chi connectivity index (χ3n) is 4.10. The van der Waals surface area contributed by atoms with E-state index in [1.54, 1.807) is 6.20 Å². The van der Waals surface area contributed by atoms with E-state index in [9.17, 15) is 4.79 Å². The number of hydrogen-bond acceptors (Lipinski definition) is 5. The third kappa shape index (κ3) is 2.82. The van der Waals surface area contributed by atoms with Crippen LogP contribution in [0.4, 0.5) is 0 Å². The predicted octanol–water partition coefficient (Wildman–Crippen LogP) is 2.98. The van der Waals surface area contributed by atoms with E-state index < -0.39 is 0 Å². The predicted molar refractivity (Wildman–Crippen MR) is 94.8 cm³/mol. The Balaban J connectivity index is 1.63. The lowest BCUT2D eigenvalue weighted by Crippen LogP contribution is -2.11. The molecule has 0 aliphatic heterocycles. The number of aryl methyl sites for hydroxylation is 2. The van der Waals surface area contributed by atoms with Crippen LogP contribution in [0.25, 0.3) is 22.7 Å². The number of rotatable bonds is 4. The summed E-state index contributed by atoms with van der Waals surface area (Å²) in [6, 6.07) is 0. The summed E-state index contributed by atoms with van der Waals surface area (Å²) in [7, 11) is 1.93. The second kappa shape index (κ2) is 5.83. The molecule has 0 radical (unpaired) electrons. The smallest absolute Gasteiger partial charge is 0.261 e. The molecule has 7 heteroatoms. The van der Waals surface area contributed by atoms with Crippen LogP contribution in [-0.2, 0) is 7.05 Å². The van der Waals surface area contributed by atoms with Crippen molar-refractivity contribution in [1.29, 1.82) is 0 Å². The molecule has 4 rings (SSSR count). The minimum atomic E-state index is -0.175. The number of aromatic nitrogens is 5. The zero-order chi connectivity index (χ0) is 16.7. The lowest BCUT2D eigenvalue weighted by molar-refractivity contribution is 0.758. The molecule has 1 N–H and O–H groups in total. The topological polar surface area (TPSA) is 76.5 Å². The van der Waals surface area contributed by atoms with Gasteiger partial charge in [0.05, 0.1) is 17.5 Å². The molecule has 24 heavy (non-hydrogen) atoms. The molecule has 1 aliphatic rings. The number of aromatic amines is 1. The molecule has 1 saturated carbocycles. The Morgan fingerprint density at radius 3 is 2.83 bits per heavy atom. The number of hydrogen-bond donors (Lipinski definition) is 1. The summed E-state index contributed by atoms with van der Waals surface area (Å²) >= 11 is 1.45. The average Bonchev–Trinajstić information content (AvgIpc) is 3.21. The van der Waals surface area contributed by atoms with Gasteiger partial charge in [0.2, 0.25) is 0 Å². The molecule has 3 aromatic rings. The molecular weight excluding hydrogens is 322 g/mol. The molecule has 0 amide bonds. The quantitative estimate of drug-likeness (QED) is 0.793. The second-order valence-corrected chi connectivity index (χ2v) is 6.88. The van der Waals surface area contributed by atoms with Crippen molar-refractivity contribution in [2.75, 3.05) is 0 Å². The average molecular weight is 339 g/mol. The highest BCUT2D eigenvalue weighted by Gasteiger charge is 2.27. The minimum absolute atomic E-state index is 0.175. The molecule has 0 aromatic carbocycles. The van der Waals surface area contributed by atoms with Crippen molar-refractivity contribution in [3.63, 3.8) is 0 Å². The van der Waals surface area contributed by atoms with Crippen molar-refractivity contribution < 1.29 is 0 Å². The number of nitrogens with zero attached hydrogens (tertiary/aromatic N) is 4. The molecule has 0 bridgehead atoms. The van der Waals surface area contributed by atoms with Crippen molar-refractivity contribution in [1.82, 2.24) is 24.7 Å². The van der Waals surface area contributed by atoms with Gasteiger partial charge in [0.15, 0.2) is 0 Å². The Bertz CT molecular complexity index is 977. The largest absolute Gasteiger partial charge is 0.306 e. The SMILES string of the molecule is Cc1csc(-c2cnc(/C=C/c3c(C4CC4)cnn3C)[nH]c2=O)n1. The first-order valence-corrected chi connectivity index (χ1v) is 8.71. The van der Waals surface area contributed by atoms with Crippen LogP contribution in [0.2, 0.25) is 0 Å². The molecule has 0 saturated heterocycles. The molecule has 1 fully saturated rings. The van der Waals surface area contributed by atoms with Crippen molar-refractivity contribution in [3.05, 3.63) is 50.9 Å². The number of nitrogens with one attached hydrogen (secondary N) is 1. The maximum atomic E-state index is 12.3. The highest BCUT2D eigenvalue weighted by Crippen LogP contribution is 2.41. The molecule has 1 aliphatic carbocycles. The third-order valence-corrected chi connectivity index (χ3v) is 5.09. The Labute approximate surface area is 142 Å². The van der Waals surface area contributed by atoms with Gasteiger partial charge in [-0.05, 0) is 37.8 Å². The van der Waals surface area contributed by atoms with Crippen molar-refractivity contribution >= 4 is 23.5 Å².